The Hall–Kier alpha value is -2.94. The normalized spacial score (nSPS) is 10.6. The Morgan fingerprint density at radius 1 is 0.880 bits per heavy atom. The van der Waals surface area contributed by atoms with Gasteiger partial charge in [0.25, 0.3) is 0 Å². The molecule has 0 aliphatic rings. The summed E-state index contributed by atoms with van der Waals surface area (Å²) in [5.74, 6) is -0.176. The molecule has 0 aliphatic heterocycles. The van der Waals surface area contributed by atoms with Crippen molar-refractivity contribution in [1.29, 1.82) is 0 Å². The summed E-state index contributed by atoms with van der Waals surface area (Å²) in [5, 5.41) is 0. The fourth-order valence-corrected chi connectivity index (χ4v) is 2.93. The van der Waals surface area contributed by atoms with Crippen molar-refractivity contribution in [3.8, 4) is 0 Å². The largest absolute Gasteiger partial charge is 0.345 e. The number of hydrogen-bond acceptors (Lipinski definition) is 2. The molecular formula is C22H22N2O. The third-order valence-electron chi connectivity index (χ3n) is 4.32. The molecule has 0 N–H and O–H groups in total. The summed E-state index contributed by atoms with van der Waals surface area (Å²) < 4.78 is 0. The minimum absolute atomic E-state index is 0.105. The molecule has 0 fully saturated rings. The van der Waals surface area contributed by atoms with Gasteiger partial charge in [-0.3, -0.25) is 9.78 Å². The van der Waals surface area contributed by atoms with Gasteiger partial charge < -0.3 is 4.90 Å². The molecule has 126 valence electrons. The SMILES string of the molecule is CN(CCc1ccccn1)C(=O)C(c1ccccc1)c1ccccc1. The Labute approximate surface area is 149 Å². The van der Waals surface area contributed by atoms with E-state index in [1.165, 1.54) is 0 Å². The average Bonchev–Trinajstić information content (AvgIpc) is 2.69. The van der Waals surface area contributed by atoms with Gasteiger partial charge in [0, 0.05) is 31.9 Å². The first-order valence-corrected chi connectivity index (χ1v) is 8.50. The Morgan fingerprint density at radius 3 is 1.96 bits per heavy atom. The van der Waals surface area contributed by atoms with Crippen LogP contribution in [0.1, 0.15) is 22.7 Å². The Bertz CT molecular complexity index is 749. The lowest BCUT2D eigenvalue weighted by Gasteiger charge is -2.24. The number of nitrogens with zero attached hydrogens (tertiary/aromatic N) is 2. The van der Waals surface area contributed by atoms with Crippen LogP contribution >= 0.6 is 0 Å². The molecule has 0 atom stereocenters. The summed E-state index contributed by atoms with van der Waals surface area (Å²) in [6, 6.07) is 25.8. The third-order valence-corrected chi connectivity index (χ3v) is 4.32. The number of likely N-dealkylation sites (N-methyl/N-ethyl adjacent to an activating group) is 1. The van der Waals surface area contributed by atoms with Gasteiger partial charge in [-0.15, -0.1) is 0 Å². The molecule has 1 aromatic heterocycles. The van der Waals surface area contributed by atoms with Crippen molar-refractivity contribution in [2.45, 2.75) is 12.3 Å². The Kier molecular flexibility index (Phi) is 5.57. The quantitative estimate of drug-likeness (QED) is 0.686. The molecule has 0 radical (unpaired) electrons. The van der Waals surface area contributed by atoms with Gasteiger partial charge in [-0.2, -0.15) is 0 Å². The molecule has 3 aromatic rings. The van der Waals surface area contributed by atoms with E-state index in [0.717, 1.165) is 23.2 Å². The molecule has 0 unspecified atom stereocenters. The number of benzene rings is 2. The van der Waals surface area contributed by atoms with E-state index in [4.69, 9.17) is 0 Å². The molecule has 0 spiro atoms. The van der Waals surface area contributed by atoms with E-state index >= 15 is 0 Å². The number of carbonyl (C=O) groups excluding carboxylic acids is 1. The monoisotopic (exact) mass is 330 g/mol. The molecule has 0 saturated carbocycles. The van der Waals surface area contributed by atoms with E-state index in [9.17, 15) is 4.79 Å². The first kappa shape index (κ1) is 16.9. The van der Waals surface area contributed by atoms with Gasteiger partial charge in [0.1, 0.15) is 0 Å². The van der Waals surface area contributed by atoms with Crippen LogP contribution in [0.15, 0.2) is 85.1 Å². The van der Waals surface area contributed by atoms with Gasteiger partial charge in [0.05, 0.1) is 5.92 Å². The Morgan fingerprint density at radius 2 is 1.44 bits per heavy atom. The minimum atomic E-state index is -0.281. The van der Waals surface area contributed by atoms with Crippen molar-refractivity contribution in [3.63, 3.8) is 0 Å². The van der Waals surface area contributed by atoms with Crippen LogP contribution in [0.4, 0.5) is 0 Å². The van der Waals surface area contributed by atoms with Crippen molar-refractivity contribution < 1.29 is 4.79 Å². The van der Waals surface area contributed by atoms with E-state index in [2.05, 4.69) is 4.98 Å². The van der Waals surface area contributed by atoms with E-state index in [1.54, 1.807) is 11.1 Å². The van der Waals surface area contributed by atoms with Crippen LogP contribution in [0.2, 0.25) is 0 Å². The van der Waals surface area contributed by atoms with Crippen LogP contribution in [0, 0.1) is 0 Å². The van der Waals surface area contributed by atoms with Crippen molar-refractivity contribution in [3.05, 3.63) is 102 Å². The second-order valence-corrected chi connectivity index (χ2v) is 6.09. The number of aromatic nitrogens is 1. The van der Waals surface area contributed by atoms with Crippen LogP contribution in [0.3, 0.4) is 0 Å². The highest BCUT2D eigenvalue weighted by atomic mass is 16.2. The zero-order valence-corrected chi connectivity index (χ0v) is 14.4. The summed E-state index contributed by atoms with van der Waals surface area (Å²) in [6.45, 7) is 0.645. The van der Waals surface area contributed by atoms with Crippen LogP contribution < -0.4 is 0 Å². The first-order valence-electron chi connectivity index (χ1n) is 8.50. The fraction of sp³-hybridized carbons (Fsp3) is 0.182. The zero-order chi connectivity index (χ0) is 17.5. The fourth-order valence-electron chi connectivity index (χ4n) is 2.93. The van der Waals surface area contributed by atoms with Gasteiger partial charge in [-0.05, 0) is 23.3 Å². The van der Waals surface area contributed by atoms with Gasteiger partial charge in [0.2, 0.25) is 5.91 Å². The molecule has 0 aliphatic carbocycles. The second kappa shape index (κ2) is 8.25. The Balaban J connectivity index is 1.79. The van der Waals surface area contributed by atoms with E-state index in [1.807, 2.05) is 85.9 Å². The summed E-state index contributed by atoms with van der Waals surface area (Å²) in [4.78, 5) is 19.3. The lowest BCUT2D eigenvalue weighted by atomic mass is 9.90. The summed E-state index contributed by atoms with van der Waals surface area (Å²) >= 11 is 0. The smallest absolute Gasteiger partial charge is 0.234 e. The predicted octanol–water partition coefficient (Wildman–Crippen LogP) is 3.91. The molecule has 3 rings (SSSR count). The standard InChI is InChI=1S/C22H22N2O/c1-24(17-15-20-14-8-9-16-23-20)22(25)21(18-10-4-2-5-11-18)19-12-6-3-7-13-19/h2-14,16,21H,15,17H2,1H3. The highest BCUT2D eigenvalue weighted by Gasteiger charge is 2.25. The van der Waals surface area contributed by atoms with Gasteiger partial charge in [-0.25, -0.2) is 0 Å². The van der Waals surface area contributed by atoms with Crippen LogP contribution in [0.25, 0.3) is 0 Å². The number of pyridine rings is 1. The third kappa shape index (κ3) is 4.32. The zero-order valence-electron chi connectivity index (χ0n) is 14.4. The molecule has 3 nitrogen and oxygen atoms in total. The van der Waals surface area contributed by atoms with Gasteiger partial charge in [-0.1, -0.05) is 66.7 Å². The van der Waals surface area contributed by atoms with Crippen LogP contribution in [0.5, 0.6) is 0 Å². The lowest BCUT2D eigenvalue weighted by Crippen LogP contribution is -2.34. The van der Waals surface area contributed by atoms with Crippen molar-refractivity contribution in [2.24, 2.45) is 0 Å². The topological polar surface area (TPSA) is 33.2 Å². The van der Waals surface area contributed by atoms with Crippen molar-refractivity contribution >= 4 is 5.91 Å². The lowest BCUT2D eigenvalue weighted by molar-refractivity contribution is -0.130. The molecular weight excluding hydrogens is 308 g/mol. The molecule has 1 amide bonds. The summed E-state index contributed by atoms with van der Waals surface area (Å²) in [5.41, 5.74) is 3.03. The van der Waals surface area contributed by atoms with E-state index in [0.29, 0.717) is 6.54 Å². The maximum absolute atomic E-state index is 13.2. The second-order valence-electron chi connectivity index (χ2n) is 6.09. The highest BCUT2D eigenvalue weighted by molar-refractivity contribution is 5.87. The number of amides is 1. The van der Waals surface area contributed by atoms with Gasteiger partial charge >= 0.3 is 0 Å². The molecule has 2 aromatic carbocycles. The maximum Gasteiger partial charge on any atom is 0.234 e. The maximum atomic E-state index is 13.2. The van der Waals surface area contributed by atoms with E-state index in [-0.39, 0.29) is 11.8 Å². The molecule has 1 heterocycles. The number of hydrogen-bond donors (Lipinski definition) is 0. The number of rotatable bonds is 6. The molecule has 0 bridgehead atoms. The molecule has 3 heteroatoms. The van der Waals surface area contributed by atoms with Crippen LogP contribution in [-0.4, -0.2) is 29.4 Å². The first-order chi connectivity index (χ1) is 12.3. The highest BCUT2D eigenvalue weighted by Crippen LogP contribution is 2.26. The van der Waals surface area contributed by atoms with Crippen molar-refractivity contribution in [2.75, 3.05) is 13.6 Å². The minimum Gasteiger partial charge on any atom is -0.345 e. The van der Waals surface area contributed by atoms with Crippen LogP contribution in [-0.2, 0) is 11.2 Å². The summed E-state index contributed by atoms with van der Waals surface area (Å²) in [7, 11) is 1.87. The predicted molar refractivity (Wildman–Crippen MR) is 100 cm³/mol. The van der Waals surface area contributed by atoms with E-state index < -0.39 is 0 Å². The summed E-state index contributed by atoms with van der Waals surface area (Å²) in [6.07, 6.45) is 2.53. The van der Waals surface area contributed by atoms with Crippen molar-refractivity contribution in [1.82, 2.24) is 9.88 Å². The van der Waals surface area contributed by atoms with Gasteiger partial charge in [0.15, 0.2) is 0 Å². The number of carbonyl (C=O) groups is 1. The average molecular weight is 330 g/mol. The molecule has 0 saturated heterocycles. The molecule has 25 heavy (non-hydrogen) atoms.